The lowest BCUT2D eigenvalue weighted by Crippen LogP contribution is -2.62. The molecule has 4 atom stereocenters. The molecule has 0 aliphatic carbocycles. The van der Waals surface area contributed by atoms with Gasteiger partial charge in [0.1, 0.15) is 24.6 Å². The van der Waals surface area contributed by atoms with Crippen molar-refractivity contribution in [1.82, 2.24) is 0 Å². The Hall–Kier alpha value is -0.530. The Bertz CT molecular complexity index is 172. The number of hydrogen-bond acceptors (Lipinski definition) is 6. The minimum absolute atomic E-state index is 0.160. The van der Waals surface area contributed by atoms with Gasteiger partial charge in [0, 0.05) is 0 Å². The van der Waals surface area contributed by atoms with Crippen LogP contribution in [0.2, 0.25) is 0 Å². The number of nitrogens with two attached hydrogens (primary N) is 1. The fourth-order valence-electron chi connectivity index (χ4n) is 0.836. The van der Waals surface area contributed by atoms with E-state index in [1.54, 1.807) is 0 Å². The monoisotopic (exact) mass is 193 g/mol. The van der Waals surface area contributed by atoms with E-state index in [9.17, 15) is 9.90 Å². The van der Waals surface area contributed by atoms with Gasteiger partial charge in [-0.05, 0) is 6.92 Å². The summed E-state index contributed by atoms with van der Waals surface area (Å²) in [6, 6.07) is 0. The van der Waals surface area contributed by atoms with Crippen LogP contribution >= 0.6 is 0 Å². The second kappa shape index (κ2) is 4.64. The van der Waals surface area contributed by atoms with Crippen LogP contribution in [0.15, 0.2) is 0 Å². The Morgan fingerprint density at radius 2 is 1.92 bits per heavy atom. The molecule has 0 bridgehead atoms. The molecule has 0 aliphatic heterocycles. The summed E-state index contributed by atoms with van der Waals surface area (Å²) >= 11 is 0. The van der Waals surface area contributed by atoms with Gasteiger partial charge in [-0.1, -0.05) is 0 Å². The van der Waals surface area contributed by atoms with Crippen LogP contribution in [0.3, 0.4) is 0 Å². The molecule has 0 unspecified atom stereocenters. The van der Waals surface area contributed by atoms with Crippen molar-refractivity contribution in [1.29, 1.82) is 0 Å². The van der Waals surface area contributed by atoms with Gasteiger partial charge < -0.3 is 31.0 Å². The molecule has 6 nitrogen and oxygen atoms in total. The lowest BCUT2D eigenvalue weighted by molar-refractivity contribution is -0.126. The van der Waals surface area contributed by atoms with Crippen LogP contribution in [-0.2, 0) is 4.79 Å². The van der Waals surface area contributed by atoms with Crippen LogP contribution in [0.1, 0.15) is 6.92 Å². The summed E-state index contributed by atoms with van der Waals surface area (Å²) in [6.45, 7) is 0.509. The second-order valence-corrected chi connectivity index (χ2v) is 3.14. The Morgan fingerprint density at radius 1 is 1.46 bits per heavy atom. The molecule has 78 valence electrons. The first-order valence-corrected chi connectivity index (χ1v) is 3.77. The summed E-state index contributed by atoms with van der Waals surface area (Å²) in [4.78, 5) is 10.2. The molecule has 0 saturated heterocycles. The fraction of sp³-hybridized carbons (Fsp3) is 0.857. The van der Waals surface area contributed by atoms with E-state index < -0.39 is 30.5 Å². The van der Waals surface area contributed by atoms with E-state index in [4.69, 9.17) is 21.1 Å². The Labute approximate surface area is 75.6 Å². The summed E-state index contributed by atoms with van der Waals surface area (Å²) in [6.07, 6.45) is -4.49. The highest BCUT2D eigenvalue weighted by Crippen LogP contribution is 2.14. The van der Waals surface area contributed by atoms with Crippen molar-refractivity contribution in [3.05, 3.63) is 0 Å². The highest BCUT2D eigenvalue weighted by atomic mass is 16.4. The molecule has 0 aliphatic rings. The molecule has 0 radical (unpaired) electrons. The predicted octanol–water partition coefficient (Wildman–Crippen LogP) is -3.02. The molecule has 0 amide bonds. The van der Waals surface area contributed by atoms with Gasteiger partial charge in [-0.3, -0.25) is 0 Å². The molecule has 6 heteroatoms. The van der Waals surface area contributed by atoms with E-state index in [2.05, 4.69) is 0 Å². The third-order valence-corrected chi connectivity index (χ3v) is 1.95. The van der Waals surface area contributed by atoms with Gasteiger partial charge >= 0.3 is 0 Å². The molecular weight excluding hydrogens is 178 g/mol. The summed E-state index contributed by atoms with van der Waals surface area (Å²) in [5.41, 5.74) is 3.71. The number of aliphatic hydroxyl groups is 4. The lowest BCUT2D eigenvalue weighted by atomic mass is 9.87. The van der Waals surface area contributed by atoms with Gasteiger partial charge in [0.25, 0.3) is 0 Å². The van der Waals surface area contributed by atoms with E-state index in [1.165, 1.54) is 6.92 Å². The molecular formula is C7H15NO5. The third kappa shape index (κ3) is 2.71. The standard InChI is InChI=1S/C7H15NO5/c1-7(8,5(12)3-10)6(13)4(11)2-9/h3-6,9,11-13H,2,8H2,1H3/t4-,5+,6-,7-/m1/s1. The van der Waals surface area contributed by atoms with Crippen molar-refractivity contribution < 1.29 is 25.2 Å². The number of carbonyl (C=O) groups excluding carboxylic acids is 1. The van der Waals surface area contributed by atoms with E-state index in [1.807, 2.05) is 0 Å². The minimum Gasteiger partial charge on any atom is -0.394 e. The lowest BCUT2D eigenvalue weighted by Gasteiger charge is -2.34. The first kappa shape index (κ1) is 12.5. The molecule has 0 aromatic heterocycles. The van der Waals surface area contributed by atoms with E-state index in [-0.39, 0.29) is 6.29 Å². The minimum atomic E-state index is -1.68. The second-order valence-electron chi connectivity index (χ2n) is 3.14. The van der Waals surface area contributed by atoms with Crippen LogP contribution in [-0.4, -0.2) is 57.2 Å². The zero-order chi connectivity index (χ0) is 10.6. The number of aldehydes is 1. The zero-order valence-corrected chi connectivity index (χ0v) is 7.29. The normalized spacial score (nSPS) is 22.9. The summed E-state index contributed by atoms with van der Waals surface area (Å²) in [5.74, 6) is 0. The Morgan fingerprint density at radius 3 is 2.23 bits per heavy atom. The van der Waals surface area contributed by atoms with Crippen molar-refractivity contribution in [3.8, 4) is 0 Å². The molecule has 0 heterocycles. The van der Waals surface area contributed by atoms with Crippen LogP contribution in [0, 0.1) is 0 Å². The van der Waals surface area contributed by atoms with Crippen molar-refractivity contribution in [2.75, 3.05) is 6.61 Å². The van der Waals surface area contributed by atoms with Gasteiger partial charge in [0.05, 0.1) is 12.1 Å². The molecule has 0 rings (SSSR count). The highest BCUT2D eigenvalue weighted by Gasteiger charge is 2.39. The van der Waals surface area contributed by atoms with Gasteiger partial charge in [0.2, 0.25) is 0 Å². The van der Waals surface area contributed by atoms with Gasteiger partial charge in [-0.15, -0.1) is 0 Å². The van der Waals surface area contributed by atoms with Gasteiger partial charge in [-0.25, -0.2) is 0 Å². The zero-order valence-electron chi connectivity index (χ0n) is 7.29. The number of aliphatic hydroxyl groups excluding tert-OH is 4. The first-order chi connectivity index (χ1) is 5.87. The molecule has 0 saturated carbocycles. The van der Waals surface area contributed by atoms with Crippen LogP contribution in [0.4, 0.5) is 0 Å². The smallest absolute Gasteiger partial charge is 0.150 e. The number of carbonyl (C=O) groups is 1. The van der Waals surface area contributed by atoms with E-state index >= 15 is 0 Å². The van der Waals surface area contributed by atoms with Crippen molar-refractivity contribution >= 4 is 6.29 Å². The van der Waals surface area contributed by atoms with Crippen LogP contribution in [0.5, 0.6) is 0 Å². The molecule has 0 fully saturated rings. The molecule has 0 aromatic carbocycles. The average Bonchev–Trinajstić information content (AvgIpc) is 2.13. The number of rotatable bonds is 5. The SMILES string of the molecule is C[C@](N)([C@H](O)[C@H](O)CO)[C@@H](O)C=O. The van der Waals surface area contributed by atoms with Crippen LogP contribution < -0.4 is 5.73 Å². The maximum absolute atomic E-state index is 10.2. The quantitative estimate of drug-likeness (QED) is 0.296. The first-order valence-electron chi connectivity index (χ1n) is 3.77. The average molecular weight is 193 g/mol. The maximum atomic E-state index is 10.2. The van der Waals surface area contributed by atoms with Gasteiger partial charge in [0.15, 0.2) is 0 Å². The van der Waals surface area contributed by atoms with Crippen molar-refractivity contribution in [2.24, 2.45) is 5.73 Å². The largest absolute Gasteiger partial charge is 0.394 e. The fourth-order valence-corrected chi connectivity index (χ4v) is 0.836. The van der Waals surface area contributed by atoms with Crippen LogP contribution in [0.25, 0.3) is 0 Å². The van der Waals surface area contributed by atoms with Crippen molar-refractivity contribution in [2.45, 2.75) is 30.8 Å². The molecule has 0 aromatic rings. The predicted molar refractivity (Wildman–Crippen MR) is 43.8 cm³/mol. The summed E-state index contributed by atoms with van der Waals surface area (Å²) in [7, 11) is 0. The third-order valence-electron chi connectivity index (χ3n) is 1.95. The topological polar surface area (TPSA) is 124 Å². The summed E-state index contributed by atoms with van der Waals surface area (Å²) < 4.78 is 0. The number of hydrogen-bond donors (Lipinski definition) is 5. The molecule has 0 spiro atoms. The maximum Gasteiger partial charge on any atom is 0.150 e. The molecule has 6 N–H and O–H groups in total. The Kier molecular flexibility index (Phi) is 4.45. The molecule has 13 heavy (non-hydrogen) atoms. The van der Waals surface area contributed by atoms with E-state index in [0.717, 1.165) is 0 Å². The Balaban J connectivity index is 4.51. The van der Waals surface area contributed by atoms with Crippen molar-refractivity contribution in [3.63, 3.8) is 0 Å². The summed E-state index contributed by atoms with van der Waals surface area (Å²) in [5, 5.41) is 35.8. The highest BCUT2D eigenvalue weighted by molar-refractivity contribution is 5.58. The van der Waals surface area contributed by atoms with E-state index in [0.29, 0.717) is 0 Å². The van der Waals surface area contributed by atoms with Gasteiger partial charge in [-0.2, -0.15) is 0 Å².